The van der Waals surface area contributed by atoms with Gasteiger partial charge < -0.3 is 14.8 Å². The Labute approximate surface area is 195 Å². The van der Waals surface area contributed by atoms with Crippen molar-refractivity contribution in [1.29, 1.82) is 0 Å². The molecule has 6 nitrogen and oxygen atoms in total. The van der Waals surface area contributed by atoms with Crippen molar-refractivity contribution in [2.75, 3.05) is 11.9 Å². The zero-order chi connectivity index (χ0) is 22.3. The van der Waals surface area contributed by atoms with Gasteiger partial charge in [0.05, 0.1) is 16.8 Å². The second kappa shape index (κ2) is 10.2. The molecule has 0 saturated heterocycles. The minimum atomic E-state index is -0.308. The maximum absolute atomic E-state index is 12.5. The molecule has 8 heteroatoms. The van der Waals surface area contributed by atoms with Gasteiger partial charge in [0.1, 0.15) is 18.1 Å². The van der Waals surface area contributed by atoms with Gasteiger partial charge in [0, 0.05) is 5.56 Å². The molecule has 0 atom stereocenters. The molecule has 1 heterocycles. The molecule has 3 aromatic carbocycles. The molecule has 4 rings (SSSR count). The number of ether oxygens (including phenoxy) is 2. The fourth-order valence-electron chi connectivity index (χ4n) is 2.96. The molecule has 0 bridgehead atoms. The highest BCUT2D eigenvalue weighted by Gasteiger charge is 2.11. The molecular formula is C24H21N3O3S2. The lowest BCUT2D eigenvalue weighted by Crippen LogP contribution is -2.34. The van der Waals surface area contributed by atoms with Crippen LogP contribution in [-0.2, 0) is 6.61 Å². The SMILES string of the molecule is CCOc1ccc2nc(NC(=S)NC(=O)c3ccc(OCc4ccccc4)cc3)sc2c1. The second-order valence-corrected chi connectivity index (χ2v) is 8.23. The summed E-state index contributed by atoms with van der Waals surface area (Å²) < 4.78 is 12.2. The van der Waals surface area contributed by atoms with Crippen molar-refractivity contribution in [1.82, 2.24) is 10.3 Å². The van der Waals surface area contributed by atoms with E-state index in [2.05, 4.69) is 15.6 Å². The quantitative estimate of drug-likeness (QED) is 0.358. The van der Waals surface area contributed by atoms with Crippen LogP contribution in [0.15, 0.2) is 72.8 Å². The van der Waals surface area contributed by atoms with Gasteiger partial charge in [-0.15, -0.1) is 0 Å². The lowest BCUT2D eigenvalue weighted by Gasteiger charge is -2.09. The van der Waals surface area contributed by atoms with E-state index in [1.54, 1.807) is 24.3 Å². The zero-order valence-electron chi connectivity index (χ0n) is 17.3. The minimum Gasteiger partial charge on any atom is -0.494 e. The third-order valence-corrected chi connectivity index (χ3v) is 5.62. The number of hydrogen-bond donors (Lipinski definition) is 2. The van der Waals surface area contributed by atoms with Crippen LogP contribution in [0.4, 0.5) is 5.13 Å². The molecule has 1 aromatic heterocycles. The van der Waals surface area contributed by atoms with Gasteiger partial charge in [0.2, 0.25) is 0 Å². The van der Waals surface area contributed by atoms with Crippen LogP contribution < -0.4 is 20.1 Å². The van der Waals surface area contributed by atoms with Crippen molar-refractivity contribution in [3.05, 3.63) is 83.9 Å². The Morgan fingerprint density at radius 2 is 1.75 bits per heavy atom. The summed E-state index contributed by atoms with van der Waals surface area (Å²) in [6, 6.07) is 22.5. The van der Waals surface area contributed by atoms with E-state index in [-0.39, 0.29) is 11.0 Å². The molecule has 0 spiro atoms. The van der Waals surface area contributed by atoms with Crippen molar-refractivity contribution in [3.63, 3.8) is 0 Å². The minimum absolute atomic E-state index is 0.184. The summed E-state index contributed by atoms with van der Waals surface area (Å²) >= 11 is 6.72. The first-order valence-electron chi connectivity index (χ1n) is 10.0. The average molecular weight is 464 g/mol. The highest BCUT2D eigenvalue weighted by Crippen LogP contribution is 2.29. The van der Waals surface area contributed by atoms with Gasteiger partial charge in [-0.1, -0.05) is 41.7 Å². The predicted molar refractivity (Wildman–Crippen MR) is 132 cm³/mol. The topological polar surface area (TPSA) is 72.5 Å². The van der Waals surface area contributed by atoms with Crippen molar-refractivity contribution in [3.8, 4) is 11.5 Å². The van der Waals surface area contributed by atoms with Crippen LogP contribution in [-0.4, -0.2) is 22.6 Å². The number of hydrogen-bond acceptors (Lipinski definition) is 6. The fraction of sp³-hybridized carbons (Fsp3) is 0.125. The Morgan fingerprint density at radius 3 is 2.50 bits per heavy atom. The van der Waals surface area contributed by atoms with Crippen LogP contribution in [0.5, 0.6) is 11.5 Å². The Morgan fingerprint density at radius 1 is 1.00 bits per heavy atom. The normalized spacial score (nSPS) is 10.5. The first-order chi connectivity index (χ1) is 15.6. The largest absolute Gasteiger partial charge is 0.494 e. The summed E-state index contributed by atoms with van der Waals surface area (Å²) in [6.45, 7) is 3.01. The van der Waals surface area contributed by atoms with Crippen LogP contribution in [0, 0.1) is 0 Å². The van der Waals surface area contributed by atoms with E-state index in [1.807, 2.05) is 55.5 Å². The molecule has 0 radical (unpaired) electrons. The molecule has 0 aliphatic heterocycles. The van der Waals surface area contributed by atoms with Crippen LogP contribution in [0.3, 0.4) is 0 Å². The summed E-state index contributed by atoms with van der Waals surface area (Å²) in [6.07, 6.45) is 0. The molecule has 0 aliphatic carbocycles. The molecule has 0 saturated carbocycles. The maximum atomic E-state index is 12.5. The number of benzene rings is 3. The van der Waals surface area contributed by atoms with E-state index in [0.29, 0.717) is 29.7 Å². The number of nitrogens with zero attached hydrogens (tertiary/aromatic N) is 1. The predicted octanol–water partition coefficient (Wildman–Crippen LogP) is 5.40. The number of amides is 1. The van der Waals surface area contributed by atoms with Crippen molar-refractivity contribution >= 4 is 49.9 Å². The molecule has 1 amide bonds. The smallest absolute Gasteiger partial charge is 0.257 e. The molecule has 0 fully saturated rings. The fourth-order valence-corrected chi connectivity index (χ4v) is 4.11. The first-order valence-corrected chi connectivity index (χ1v) is 11.3. The molecular weight excluding hydrogens is 442 g/mol. The number of thiazole rings is 1. The lowest BCUT2D eigenvalue weighted by atomic mass is 10.2. The van der Waals surface area contributed by atoms with Gasteiger partial charge in [-0.25, -0.2) is 4.98 Å². The third-order valence-electron chi connectivity index (χ3n) is 4.48. The Kier molecular flexibility index (Phi) is 6.94. The maximum Gasteiger partial charge on any atom is 0.257 e. The number of nitrogens with one attached hydrogen (secondary N) is 2. The molecule has 0 aliphatic rings. The monoisotopic (exact) mass is 463 g/mol. The van der Waals surface area contributed by atoms with E-state index in [4.69, 9.17) is 21.7 Å². The molecule has 162 valence electrons. The van der Waals surface area contributed by atoms with Crippen molar-refractivity contribution in [2.24, 2.45) is 0 Å². The molecule has 32 heavy (non-hydrogen) atoms. The first kappa shape index (κ1) is 21.7. The van der Waals surface area contributed by atoms with E-state index >= 15 is 0 Å². The van der Waals surface area contributed by atoms with Crippen LogP contribution in [0.2, 0.25) is 0 Å². The summed E-state index contributed by atoms with van der Waals surface area (Å²) in [5, 5.41) is 6.44. The summed E-state index contributed by atoms with van der Waals surface area (Å²) in [4.78, 5) is 17.0. The Hall–Kier alpha value is -3.49. The Bertz CT molecular complexity index is 1220. The summed E-state index contributed by atoms with van der Waals surface area (Å²) in [7, 11) is 0. The van der Waals surface area contributed by atoms with Gasteiger partial charge in [-0.3, -0.25) is 10.1 Å². The number of anilines is 1. The standard InChI is InChI=1S/C24H21N3O3S2/c1-2-29-19-12-13-20-21(14-19)32-24(25-20)27-23(31)26-22(28)17-8-10-18(11-9-17)30-15-16-6-4-3-5-7-16/h3-14H,2,15H2,1H3,(H2,25,26,27,28,31). The molecule has 2 N–H and O–H groups in total. The van der Waals surface area contributed by atoms with Crippen LogP contribution in [0.25, 0.3) is 10.2 Å². The highest BCUT2D eigenvalue weighted by atomic mass is 32.1. The van der Waals surface area contributed by atoms with Crippen LogP contribution in [0.1, 0.15) is 22.8 Å². The van der Waals surface area contributed by atoms with Crippen molar-refractivity contribution < 1.29 is 14.3 Å². The number of carbonyl (C=O) groups excluding carboxylic acids is 1. The summed E-state index contributed by atoms with van der Waals surface area (Å²) in [5.41, 5.74) is 2.39. The van der Waals surface area contributed by atoms with E-state index in [1.165, 1.54) is 11.3 Å². The number of carbonyl (C=O) groups is 1. The second-order valence-electron chi connectivity index (χ2n) is 6.79. The van der Waals surface area contributed by atoms with E-state index in [9.17, 15) is 4.79 Å². The zero-order valence-corrected chi connectivity index (χ0v) is 19.0. The lowest BCUT2D eigenvalue weighted by molar-refractivity contribution is 0.0977. The average Bonchev–Trinajstić information content (AvgIpc) is 3.20. The third kappa shape index (κ3) is 5.60. The summed E-state index contributed by atoms with van der Waals surface area (Å²) in [5.74, 6) is 1.17. The Balaban J connectivity index is 1.32. The molecule has 0 unspecified atom stereocenters. The molecule has 4 aromatic rings. The highest BCUT2D eigenvalue weighted by molar-refractivity contribution is 7.80. The van der Waals surface area contributed by atoms with E-state index in [0.717, 1.165) is 21.5 Å². The van der Waals surface area contributed by atoms with Gasteiger partial charge in [0.25, 0.3) is 5.91 Å². The van der Waals surface area contributed by atoms with Crippen LogP contribution >= 0.6 is 23.6 Å². The van der Waals surface area contributed by atoms with Crippen molar-refractivity contribution in [2.45, 2.75) is 13.5 Å². The van der Waals surface area contributed by atoms with Gasteiger partial charge in [-0.05, 0) is 67.2 Å². The van der Waals surface area contributed by atoms with E-state index < -0.39 is 0 Å². The van der Waals surface area contributed by atoms with Gasteiger partial charge >= 0.3 is 0 Å². The van der Waals surface area contributed by atoms with Gasteiger partial charge in [-0.2, -0.15) is 0 Å². The number of fused-ring (bicyclic) bond motifs is 1. The number of thiocarbonyl (C=S) groups is 1. The number of rotatable bonds is 7. The van der Waals surface area contributed by atoms with Gasteiger partial charge in [0.15, 0.2) is 10.2 Å². The number of aromatic nitrogens is 1.